The van der Waals surface area contributed by atoms with Crippen molar-refractivity contribution >= 4 is 10.0 Å². The first-order chi connectivity index (χ1) is 8.99. The fourth-order valence-electron chi connectivity index (χ4n) is 2.33. The van der Waals surface area contributed by atoms with Crippen LogP contribution in [0.2, 0.25) is 0 Å². The van der Waals surface area contributed by atoms with Gasteiger partial charge in [0.05, 0.1) is 11.9 Å². The average molecular weight is 286 g/mol. The van der Waals surface area contributed by atoms with Gasteiger partial charge in [0, 0.05) is 38.9 Å². The van der Waals surface area contributed by atoms with Crippen molar-refractivity contribution in [3.63, 3.8) is 0 Å². The van der Waals surface area contributed by atoms with Gasteiger partial charge in [-0.15, -0.1) is 0 Å². The molecule has 1 aromatic heterocycles. The van der Waals surface area contributed by atoms with Crippen LogP contribution in [-0.2, 0) is 23.1 Å². The van der Waals surface area contributed by atoms with Gasteiger partial charge in [0.2, 0.25) is 10.0 Å². The molecule has 19 heavy (non-hydrogen) atoms. The second-order valence-corrected chi connectivity index (χ2v) is 6.94. The molecule has 1 aliphatic rings. The number of aryl methyl sites for hydroxylation is 1. The van der Waals surface area contributed by atoms with Gasteiger partial charge >= 0.3 is 0 Å². The van der Waals surface area contributed by atoms with Crippen LogP contribution in [-0.4, -0.2) is 59.8 Å². The Kier molecular flexibility index (Phi) is 4.59. The van der Waals surface area contributed by atoms with Gasteiger partial charge in [-0.3, -0.25) is 9.58 Å². The smallest absolute Gasteiger partial charge is 0.211 e. The Morgan fingerprint density at radius 1 is 1.26 bits per heavy atom. The Bertz CT molecular complexity index is 512. The molecule has 6 nitrogen and oxygen atoms in total. The lowest BCUT2D eigenvalue weighted by Gasteiger charge is -2.19. The number of aromatic nitrogens is 2. The molecule has 0 spiro atoms. The van der Waals surface area contributed by atoms with E-state index in [0.29, 0.717) is 13.1 Å². The summed E-state index contributed by atoms with van der Waals surface area (Å²) in [6.45, 7) is 6.63. The third-order valence-electron chi connectivity index (χ3n) is 3.42. The first-order valence-electron chi connectivity index (χ1n) is 6.69. The average Bonchev–Trinajstić information content (AvgIpc) is 2.65. The molecule has 2 rings (SSSR count). The molecule has 1 saturated heterocycles. The van der Waals surface area contributed by atoms with Crippen molar-refractivity contribution in [3.05, 3.63) is 18.0 Å². The van der Waals surface area contributed by atoms with Gasteiger partial charge < -0.3 is 0 Å². The maximum atomic E-state index is 11.5. The SMILES string of the molecule is CCn1ccc(CN2CCCN(S(C)(=O)=O)CC2)n1. The fraction of sp³-hybridized carbons (Fsp3) is 0.750. The lowest BCUT2D eigenvalue weighted by atomic mass is 10.3. The maximum absolute atomic E-state index is 11.5. The van der Waals surface area contributed by atoms with Crippen LogP contribution in [0.15, 0.2) is 12.3 Å². The molecular formula is C12H22N4O2S. The number of hydrogen-bond acceptors (Lipinski definition) is 4. The summed E-state index contributed by atoms with van der Waals surface area (Å²) in [5.74, 6) is 0. The molecule has 0 unspecified atom stereocenters. The van der Waals surface area contributed by atoms with E-state index in [1.54, 1.807) is 4.31 Å². The predicted octanol–water partition coefficient (Wildman–Crippen LogP) is 0.370. The second-order valence-electron chi connectivity index (χ2n) is 4.95. The van der Waals surface area contributed by atoms with Crippen molar-refractivity contribution in [2.24, 2.45) is 0 Å². The van der Waals surface area contributed by atoms with Crippen LogP contribution >= 0.6 is 0 Å². The van der Waals surface area contributed by atoms with Crippen molar-refractivity contribution in [2.75, 3.05) is 32.4 Å². The maximum Gasteiger partial charge on any atom is 0.211 e. The van der Waals surface area contributed by atoms with Gasteiger partial charge in [0.25, 0.3) is 0 Å². The van der Waals surface area contributed by atoms with Gasteiger partial charge in [-0.25, -0.2) is 12.7 Å². The van der Waals surface area contributed by atoms with Gasteiger partial charge in [-0.2, -0.15) is 5.10 Å². The minimum Gasteiger partial charge on any atom is -0.296 e. The Hall–Kier alpha value is -0.920. The molecule has 2 heterocycles. The summed E-state index contributed by atoms with van der Waals surface area (Å²) in [7, 11) is -3.06. The highest BCUT2D eigenvalue weighted by molar-refractivity contribution is 7.88. The zero-order valence-electron chi connectivity index (χ0n) is 11.6. The van der Waals surface area contributed by atoms with Crippen LogP contribution in [0.4, 0.5) is 0 Å². The van der Waals surface area contributed by atoms with Crippen LogP contribution in [0.25, 0.3) is 0 Å². The molecule has 1 fully saturated rings. The van der Waals surface area contributed by atoms with E-state index >= 15 is 0 Å². The van der Waals surface area contributed by atoms with E-state index in [9.17, 15) is 8.42 Å². The molecule has 1 aliphatic heterocycles. The van der Waals surface area contributed by atoms with Gasteiger partial charge in [-0.05, 0) is 26.0 Å². The first kappa shape index (κ1) is 14.5. The summed E-state index contributed by atoms with van der Waals surface area (Å²) >= 11 is 0. The molecular weight excluding hydrogens is 264 g/mol. The standard InChI is InChI=1S/C12H22N4O2S/c1-3-15-8-5-12(13-15)11-14-6-4-7-16(10-9-14)19(2,17)18/h5,8H,3-4,6-7,9-11H2,1-2H3. The zero-order valence-corrected chi connectivity index (χ0v) is 12.4. The second kappa shape index (κ2) is 6.02. The summed E-state index contributed by atoms with van der Waals surface area (Å²) in [5.41, 5.74) is 1.05. The van der Waals surface area contributed by atoms with Crippen molar-refractivity contribution in [3.8, 4) is 0 Å². The molecule has 0 N–H and O–H groups in total. The molecule has 1 aromatic rings. The number of sulfonamides is 1. The third-order valence-corrected chi connectivity index (χ3v) is 4.73. The highest BCUT2D eigenvalue weighted by atomic mass is 32.2. The Balaban J connectivity index is 1.92. The van der Waals surface area contributed by atoms with Crippen molar-refractivity contribution < 1.29 is 8.42 Å². The van der Waals surface area contributed by atoms with Crippen LogP contribution in [0, 0.1) is 0 Å². The number of rotatable bonds is 4. The fourth-order valence-corrected chi connectivity index (χ4v) is 3.20. The van der Waals surface area contributed by atoms with Crippen LogP contribution in [0.5, 0.6) is 0 Å². The quantitative estimate of drug-likeness (QED) is 0.802. The Labute approximate surface area is 115 Å². The molecule has 0 saturated carbocycles. The number of nitrogens with zero attached hydrogens (tertiary/aromatic N) is 4. The van der Waals surface area contributed by atoms with Crippen molar-refractivity contribution in [1.29, 1.82) is 0 Å². The van der Waals surface area contributed by atoms with E-state index in [4.69, 9.17) is 0 Å². The van der Waals surface area contributed by atoms with Crippen LogP contribution < -0.4 is 0 Å². The molecule has 0 aliphatic carbocycles. The zero-order chi connectivity index (χ0) is 13.9. The highest BCUT2D eigenvalue weighted by Crippen LogP contribution is 2.09. The lowest BCUT2D eigenvalue weighted by molar-refractivity contribution is 0.274. The van der Waals surface area contributed by atoms with Gasteiger partial charge in [-0.1, -0.05) is 0 Å². The minimum atomic E-state index is -3.06. The minimum absolute atomic E-state index is 0.577. The summed E-state index contributed by atoms with van der Waals surface area (Å²) < 4.78 is 26.6. The summed E-state index contributed by atoms with van der Waals surface area (Å²) in [6.07, 6.45) is 4.14. The largest absolute Gasteiger partial charge is 0.296 e. The monoisotopic (exact) mass is 286 g/mol. The summed E-state index contributed by atoms with van der Waals surface area (Å²) in [4.78, 5) is 2.27. The van der Waals surface area contributed by atoms with Gasteiger partial charge in [0.15, 0.2) is 0 Å². The van der Waals surface area contributed by atoms with E-state index in [-0.39, 0.29) is 0 Å². The summed E-state index contributed by atoms with van der Waals surface area (Å²) in [5, 5.41) is 4.46. The summed E-state index contributed by atoms with van der Waals surface area (Å²) in [6, 6.07) is 2.03. The molecule has 0 atom stereocenters. The predicted molar refractivity (Wildman–Crippen MR) is 74.2 cm³/mol. The van der Waals surface area contributed by atoms with Crippen LogP contribution in [0.1, 0.15) is 19.0 Å². The molecule has 0 aromatic carbocycles. The Morgan fingerprint density at radius 2 is 2.05 bits per heavy atom. The van der Waals surface area contributed by atoms with E-state index in [2.05, 4.69) is 16.9 Å². The number of hydrogen-bond donors (Lipinski definition) is 0. The van der Waals surface area contributed by atoms with E-state index < -0.39 is 10.0 Å². The van der Waals surface area contributed by atoms with E-state index in [1.165, 1.54) is 6.26 Å². The lowest BCUT2D eigenvalue weighted by Crippen LogP contribution is -2.34. The molecule has 0 bridgehead atoms. The van der Waals surface area contributed by atoms with Crippen LogP contribution in [0.3, 0.4) is 0 Å². The van der Waals surface area contributed by atoms with Gasteiger partial charge in [0.1, 0.15) is 0 Å². The third kappa shape index (κ3) is 4.02. The molecule has 0 amide bonds. The van der Waals surface area contributed by atoms with Crippen molar-refractivity contribution in [2.45, 2.75) is 26.4 Å². The van der Waals surface area contributed by atoms with E-state index in [1.807, 2.05) is 16.9 Å². The Morgan fingerprint density at radius 3 is 2.68 bits per heavy atom. The molecule has 108 valence electrons. The topological polar surface area (TPSA) is 58.4 Å². The molecule has 0 radical (unpaired) electrons. The van der Waals surface area contributed by atoms with Crippen molar-refractivity contribution in [1.82, 2.24) is 19.0 Å². The highest BCUT2D eigenvalue weighted by Gasteiger charge is 2.21. The van der Waals surface area contributed by atoms with E-state index in [0.717, 1.165) is 38.3 Å². The first-order valence-corrected chi connectivity index (χ1v) is 8.53. The normalized spacial score (nSPS) is 19.5. The molecule has 7 heteroatoms.